The molecule has 0 aliphatic heterocycles. The second-order valence-corrected chi connectivity index (χ2v) is 7.47. The van der Waals surface area contributed by atoms with E-state index in [1.165, 1.54) is 26.3 Å². The Morgan fingerprint density at radius 1 is 0.914 bits per heavy atom. The average Bonchev–Trinajstić information content (AvgIpc) is 3.35. The monoisotopic (exact) mass is 474 g/mol. The van der Waals surface area contributed by atoms with Gasteiger partial charge in [-0.1, -0.05) is 18.2 Å². The van der Waals surface area contributed by atoms with E-state index in [9.17, 15) is 14.0 Å². The van der Waals surface area contributed by atoms with Crippen molar-refractivity contribution in [2.24, 2.45) is 0 Å². The average molecular weight is 474 g/mol. The maximum Gasteiger partial charge on any atom is 0.259 e. The number of aromatic nitrogens is 2. The highest BCUT2D eigenvalue weighted by Crippen LogP contribution is 2.35. The van der Waals surface area contributed by atoms with Crippen molar-refractivity contribution in [2.45, 2.75) is 0 Å². The molecule has 0 aliphatic carbocycles. The zero-order valence-corrected chi connectivity index (χ0v) is 19.3. The van der Waals surface area contributed by atoms with Crippen LogP contribution in [0.25, 0.3) is 16.9 Å². The van der Waals surface area contributed by atoms with Gasteiger partial charge in [0.1, 0.15) is 23.0 Å². The SMILES string of the molecule is CNC(=O)c1cc(NC(=O)c2cn(-c3ccccc3)nc2-c2ccc(OC)cc2OC)ccc1F. The molecule has 0 bridgehead atoms. The number of hydrogen-bond donors (Lipinski definition) is 2. The summed E-state index contributed by atoms with van der Waals surface area (Å²) >= 11 is 0. The van der Waals surface area contributed by atoms with Gasteiger partial charge in [0.15, 0.2) is 0 Å². The van der Waals surface area contributed by atoms with E-state index in [0.29, 0.717) is 22.8 Å². The van der Waals surface area contributed by atoms with Gasteiger partial charge in [-0.05, 0) is 42.5 Å². The highest BCUT2D eigenvalue weighted by atomic mass is 19.1. The van der Waals surface area contributed by atoms with Crippen LogP contribution in [0, 0.1) is 5.82 Å². The van der Waals surface area contributed by atoms with E-state index in [1.54, 1.807) is 36.2 Å². The lowest BCUT2D eigenvalue weighted by Crippen LogP contribution is -2.20. The van der Waals surface area contributed by atoms with Gasteiger partial charge in [0, 0.05) is 30.6 Å². The minimum absolute atomic E-state index is 0.178. The molecule has 2 amide bonds. The third-order valence-electron chi connectivity index (χ3n) is 5.34. The maximum atomic E-state index is 14.1. The van der Waals surface area contributed by atoms with Crippen LogP contribution >= 0.6 is 0 Å². The molecule has 9 heteroatoms. The van der Waals surface area contributed by atoms with Crippen molar-refractivity contribution < 1.29 is 23.5 Å². The number of halogens is 1. The minimum Gasteiger partial charge on any atom is -0.497 e. The number of carbonyl (C=O) groups excluding carboxylic acids is 2. The molecule has 0 atom stereocenters. The number of hydrogen-bond acceptors (Lipinski definition) is 5. The topological polar surface area (TPSA) is 94.5 Å². The van der Waals surface area contributed by atoms with Crippen LogP contribution < -0.4 is 20.1 Å². The Kier molecular flexibility index (Phi) is 6.77. The molecule has 8 nitrogen and oxygen atoms in total. The predicted molar refractivity (Wildman–Crippen MR) is 130 cm³/mol. The van der Waals surface area contributed by atoms with Crippen molar-refractivity contribution in [1.82, 2.24) is 15.1 Å². The quantitative estimate of drug-likeness (QED) is 0.416. The maximum absolute atomic E-state index is 14.1. The van der Waals surface area contributed by atoms with Gasteiger partial charge in [0.05, 0.1) is 31.0 Å². The lowest BCUT2D eigenvalue weighted by atomic mass is 10.1. The summed E-state index contributed by atoms with van der Waals surface area (Å²) in [6, 6.07) is 18.3. The van der Waals surface area contributed by atoms with Crippen LogP contribution in [0.5, 0.6) is 11.5 Å². The van der Waals surface area contributed by atoms with Crippen LogP contribution in [0.1, 0.15) is 20.7 Å². The third-order valence-corrected chi connectivity index (χ3v) is 5.34. The van der Waals surface area contributed by atoms with E-state index >= 15 is 0 Å². The Labute approximate surface area is 201 Å². The number of rotatable bonds is 7. The fourth-order valence-electron chi connectivity index (χ4n) is 3.56. The number of nitrogens with zero attached hydrogens (tertiary/aromatic N) is 2. The second kappa shape index (κ2) is 10.1. The van der Waals surface area contributed by atoms with Crippen molar-refractivity contribution >= 4 is 17.5 Å². The summed E-state index contributed by atoms with van der Waals surface area (Å²) < 4.78 is 26.5. The minimum atomic E-state index is -0.692. The number of para-hydroxylation sites is 1. The molecular formula is C26H23FN4O4. The molecule has 0 radical (unpaired) electrons. The second-order valence-electron chi connectivity index (χ2n) is 7.47. The summed E-state index contributed by atoms with van der Waals surface area (Å²) in [6.45, 7) is 0. The van der Waals surface area contributed by atoms with Crippen LogP contribution in [-0.2, 0) is 0 Å². The molecule has 1 heterocycles. The Bertz CT molecular complexity index is 1390. The summed E-state index contributed by atoms with van der Waals surface area (Å²) in [4.78, 5) is 25.4. The molecule has 178 valence electrons. The molecule has 4 aromatic rings. The number of ether oxygens (including phenoxy) is 2. The number of methoxy groups -OCH3 is 2. The van der Waals surface area contributed by atoms with Crippen LogP contribution in [0.15, 0.2) is 72.9 Å². The van der Waals surface area contributed by atoms with Gasteiger partial charge in [0.2, 0.25) is 0 Å². The van der Waals surface area contributed by atoms with E-state index in [0.717, 1.165) is 11.8 Å². The molecule has 0 aliphatic rings. The first kappa shape index (κ1) is 23.5. The summed E-state index contributed by atoms with van der Waals surface area (Å²) in [5.41, 5.74) is 2.04. The van der Waals surface area contributed by atoms with Crippen molar-refractivity contribution in [3.8, 4) is 28.4 Å². The number of carbonyl (C=O) groups is 2. The number of benzene rings is 3. The van der Waals surface area contributed by atoms with Gasteiger partial charge in [0.25, 0.3) is 11.8 Å². The van der Waals surface area contributed by atoms with Gasteiger partial charge in [-0.3, -0.25) is 9.59 Å². The molecule has 0 spiro atoms. The van der Waals surface area contributed by atoms with E-state index in [4.69, 9.17) is 9.47 Å². The van der Waals surface area contributed by atoms with Crippen molar-refractivity contribution in [3.63, 3.8) is 0 Å². The number of nitrogens with one attached hydrogen (secondary N) is 2. The lowest BCUT2D eigenvalue weighted by Gasteiger charge is -2.11. The van der Waals surface area contributed by atoms with Crippen LogP contribution in [-0.4, -0.2) is 42.9 Å². The Hall–Kier alpha value is -4.66. The first-order valence-electron chi connectivity index (χ1n) is 10.7. The Morgan fingerprint density at radius 2 is 1.69 bits per heavy atom. The van der Waals surface area contributed by atoms with E-state index in [1.807, 2.05) is 30.3 Å². The molecule has 0 saturated carbocycles. The molecule has 3 aromatic carbocycles. The summed E-state index contributed by atoms with van der Waals surface area (Å²) in [6.07, 6.45) is 1.60. The van der Waals surface area contributed by atoms with E-state index < -0.39 is 17.6 Å². The van der Waals surface area contributed by atoms with Gasteiger partial charge in [-0.15, -0.1) is 0 Å². The lowest BCUT2D eigenvalue weighted by molar-refractivity contribution is 0.0957. The van der Waals surface area contributed by atoms with Crippen LogP contribution in [0.4, 0.5) is 10.1 Å². The summed E-state index contributed by atoms with van der Waals surface area (Å²) in [7, 11) is 4.47. The fourth-order valence-corrected chi connectivity index (χ4v) is 3.56. The first-order chi connectivity index (χ1) is 16.9. The predicted octanol–water partition coefficient (Wildman–Crippen LogP) is 4.31. The summed E-state index contributed by atoms with van der Waals surface area (Å²) in [5.74, 6) is -0.718. The van der Waals surface area contributed by atoms with Crippen LogP contribution in [0.2, 0.25) is 0 Å². The van der Waals surface area contributed by atoms with E-state index in [2.05, 4.69) is 15.7 Å². The fraction of sp³-hybridized carbons (Fsp3) is 0.115. The van der Waals surface area contributed by atoms with Crippen LogP contribution in [0.3, 0.4) is 0 Å². The molecule has 0 fully saturated rings. The van der Waals surface area contributed by atoms with E-state index in [-0.39, 0.29) is 16.8 Å². The standard InChI is InChI=1S/C26H23FN4O4/c1-28-25(32)20-13-16(9-12-22(20)27)29-26(33)21-15-31(17-7-5-4-6-8-17)30-24(21)19-11-10-18(34-2)14-23(19)35-3/h4-15H,1-3H3,(H,28,32)(H,29,33). The molecule has 4 rings (SSSR count). The van der Waals surface area contributed by atoms with Crippen molar-refractivity contribution in [1.29, 1.82) is 0 Å². The normalized spacial score (nSPS) is 10.5. The third kappa shape index (κ3) is 4.84. The summed E-state index contributed by atoms with van der Waals surface area (Å²) in [5, 5.41) is 9.78. The van der Waals surface area contributed by atoms with Gasteiger partial charge in [-0.2, -0.15) is 5.10 Å². The molecule has 35 heavy (non-hydrogen) atoms. The number of amides is 2. The molecule has 0 unspecified atom stereocenters. The highest BCUT2D eigenvalue weighted by molar-refractivity contribution is 6.09. The number of anilines is 1. The Balaban J connectivity index is 1.79. The highest BCUT2D eigenvalue weighted by Gasteiger charge is 2.22. The first-order valence-corrected chi connectivity index (χ1v) is 10.7. The van der Waals surface area contributed by atoms with Crippen molar-refractivity contribution in [2.75, 3.05) is 26.6 Å². The Morgan fingerprint density at radius 3 is 2.37 bits per heavy atom. The molecule has 0 saturated heterocycles. The molecular weight excluding hydrogens is 451 g/mol. The van der Waals surface area contributed by atoms with Gasteiger partial charge >= 0.3 is 0 Å². The molecule has 1 aromatic heterocycles. The zero-order valence-electron chi connectivity index (χ0n) is 19.3. The largest absolute Gasteiger partial charge is 0.497 e. The zero-order chi connectivity index (χ0) is 24.9. The van der Waals surface area contributed by atoms with Gasteiger partial charge < -0.3 is 20.1 Å². The van der Waals surface area contributed by atoms with Crippen molar-refractivity contribution in [3.05, 3.63) is 89.9 Å². The van der Waals surface area contributed by atoms with Gasteiger partial charge in [-0.25, -0.2) is 9.07 Å². The molecule has 2 N–H and O–H groups in total. The smallest absolute Gasteiger partial charge is 0.259 e.